The van der Waals surface area contributed by atoms with E-state index in [4.69, 9.17) is 4.74 Å². The molecule has 2 N–H and O–H groups in total. The van der Waals surface area contributed by atoms with Gasteiger partial charge in [0.1, 0.15) is 6.33 Å². The smallest absolute Gasteiger partial charge is 0.204 e. The Morgan fingerprint density at radius 1 is 1.29 bits per heavy atom. The summed E-state index contributed by atoms with van der Waals surface area (Å²) in [5, 5.41) is 6.54. The molecule has 1 rings (SSSR count). The molecule has 0 radical (unpaired) electrons. The van der Waals surface area contributed by atoms with Crippen molar-refractivity contribution in [2.45, 2.75) is 39.7 Å². The summed E-state index contributed by atoms with van der Waals surface area (Å²) in [6.07, 6.45) is 3.62. The summed E-state index contributed by atoms with van der Waals surface area (Å²) in [6, 6.07) is 0.359. The Hall–Kier alpha value is -1.52. The van der Waals surface area contributed by atoms with Crippen LogP contribution < -0.4 is 15.4 Å². The van der Waals surface area contributed by atoms with Gasteiger partial charge in [-0.15, -0.1) is 0 Å². The molecular formula is C12H22N4O. The number of aromatic nitrogens is 2. The Bertz CT molecular complexity index is 343. The van der Waals surface area contributed by atoms with Crippen molar-refractivity contribution in [1.82, 2.24) is 9.97 Å². The Kier molecular flexibility index (Phi) is 5.52. The zero-order valence-corrected chi connectivity index (χ0v) is 11.1. The van der Waals surface area contributed by atoms with Gasteiger partial charge in [-0.3, -0.25) is 0 Å². The lowest BCUT2D eigenvalue weighted by Gasteiger charge is -2.16. The van der Waals surface area contributed by atoms with Crippen LogP contribution in [0.2, 0.25) is 0 Å². The fraction of sp³-hybridized carbons (Fsp3) is 0.667. The Morgan fingerprint density at radius 3 is 2.59 bits per heavy atom. The van der Waals surface area contributed by atoms with Crippen LogP contribution in [0.4, 0.5) is 11.6 Å². The highest BCUT2D eigenvalue weighted by Gasteiger charge is 2.12. The molecule has 17 heavy (non-hydrogen) atoms. The minimum absolute atomic E-state index is 0.359. The quantitative estimate of drug-likeness (QED) is 0.764. The van der Waals surface area contributed by atoms with Crippen molar-refractivity contribution in [1.29, 1.82) is 0 Å². The van der Waals surface area contributed by atoms with Crippen LogP contribution in [0.25, 0.3) is 0 Å². The van der Waals surface area contributed by atoms with E-state index in [1.54, 1.807) is 13.4 Å². The van der Waals surface area contributed by atoms with Gasteiger partial charge in [-0.2, -0.15) is 0 Å². The van der Waals surface area contributed by atoms with E-state index >= 15 is 0 Å². The highest BCUT2D eigenvalue weighted by atomic mass is 16.5. The van der Waals surface area contributed by atoms with Gasteiger partial charge in [-0.25, -0.2) is 9.97 Å². The van der Waals surface area contributed by atoms with Gasteiger partial charge < -0.3 is 15.4 Å². The lowest BCUT2D eigenvalue weighted by atomic mass is 10.2. The van der Waals surface area contributed by atoms with Gasteiger partial charge in [0.15, 0.2) is 11.6 Å². The fourth-order valence-electron chi connectivity index (χ4n) is 1.37. The summed E-state index contributed by atoms with van der Waals surface area (Å²) in [6.45, 7) is 7.22. The second-order valence-corrected chi connectivity index (χ2v) is 3.98. The standard InChI is InChI=1S/C12H22N4O/c1-5-7-13-11-10(17-4)12(15-8-14-11)16-9(3)6-2/h8-9H,5-7H2,1-4H3,(H2,13,14,15,16). The van der Waals surface area contributed by atoms with Gasteiger partial charge in [0.2, 0.25) is 5.75 Å². The first-order valence-corrected chi connectivity index (χ1v) is 6.12. The molecule has 5 nitrogen and oxygen atoms in total. The molecular weight excluding hydrogens is 216 g/mol. The molecule has 96 valence electrons. The van der Waals surface area contributed by atoms with Crippen molar-refractivity contribution in [2.24, 2.45) is 0 Å². The van der Waals surface area contributed by atoms with Crippen molar-refractivity contribution in [3.63, 3.8) is 0 Å². The summed E-state index contributed by atoms with van der Waals surface area (Å²) in [5.74, 6) is 2.17. The van der Waals surface area contributed by atoms with Crippen molar-refractivity contribution < 1.29 is 4.74 Å². The molecule has 0 aromatic carbocycles. The molecule has 0 spiro atoms. The van der Waals surface area contributed by atoms with Crippen LogP contribution in [0.3, 0.4) is 0 Å². The SMILES string of the molecule is CCCNc1ncnc(NC(C)CC)c1OC. The normalized spacial score (nSPS) is 12.0. The highest BCUT2D eigenvalue weighted by Crippen LogP contribution is 2.29. The van der Waals surface area contributed by atoms with Crippen LogP contribution in [0.5, 0.6) is 5.75 Å². The number of ether oxygens (including phenoxy) is 1. The summed E-state index contributed by atoms with van der Waals surface area (Å²) in [5.41, 5.74) is 0. The third-order valence-corrected chi connectivity index (χ3v) is 2.55. The number of rotatable bonds is 7. The summed E-state index contributed by atoms with van der Waals surface area (Å²) >= 11 is 0. The Balaban J connectivity index is 2.88. The number of nitrogens with one attached hydrogen (secondary N) is 2. The van der Waals surface area contributed by atoms with Crippen molar-refractivity contribution >= 4 is 11.6 Å². The molecule has 0 fully saturated rings. The van der Waals surface area contributed by atoms with Crippen LogP contribution >= 0.6 is 0 Å². The molecule has 0 aliphatic rings. The minimum atomic E-state index is 0.359. The van der Waals surface area contributed by atoms with Crippen molar-refractivity contribution in [3.8, 4) is 5.75 Å². The van der Waals surface area contributed by atoms with Crippen LogP contribution in [0.1, 0.15) is 33.6 Å². The first-order chi connectivity index (χ1) is 8.22. The van der Waals surface area contributed by atoms with Crippen LogP contribution in [-0.4, -0.2) is 29.7 Å². The van der Waals surface area contributed by atoms with E-state index in [0.717, 1.165) is 31.0 Å². The van der Waals surface area contributed by atoms with E-state index in [1.165, 1.54) is 0 Å². The maximum absolute atomic E-state index is 5.37. The van der Waals surface area contributed by atoms with Gasteiger partial charge in [0.05, 0.1) is 7.11 Å². The van der Waals surface area contributed by atoms with E-state index in [0.29, 0.717) is 11.8 Å². The van der Waals surface area contributed by atoms with Crippen molar-refractivity contribution in [2.75, 3.05) is 24.3 Å². The lowest BCUT2D eigenvalue weighted by Crippen LogP contribution is -2.16. The number of anilines is 2. The zero-order valence-electron chi connectivity index (χ0n) is 11.1. The largest absolute Gasteiger partial charge is 0.490 e. The van der Waals surface area contributed by atoms with Gasteiger partial charge in [0.25, 0.3) is 0 Å². The van der Waals surface area contributed by atoms with E-state index in [-0.39, 0.29) is 0 Å². The van der Waals surface area contributed by atoms with E-state index in [1.807, 2.05) is 0 Å². The predicted molar refractivity (Wildman–Crippen MR) is 70.7 cm³/mol. The lowest BCUT2D eigenvalue weighted by molar-refractivity contribution is 0.414. The third kappa shape index (κ3) is 3.76. The number of hydrogen-bond donors (Lipinski definition) is 2. The average Bonchev–Trinajstić information content (AvgIpc) is 2.36. The molecule has 5 heteroatoms. The minimum Gasteiger partial charge on any atom is -0.490 e. The van der Waals surface area contributed by atoms with Gasteiger partial charge in [-0.1, -0.05) is 13.8 Å². The fourth-order valence-corrected chi connectivity index (χ4v) is 1.37. The third-order valence-electron chi connectivity index (χ3n) is 2.55. The first-order valence-electron chi connectivity index (χ1n) is 6.12. The number of methoxy groups -OCH3 is 1. The molecule has 0 amide bonds. The number of nitrogens with zero attached hydrogens (tertiary/aromatic N) is 2. The van der Waals surface area contributed by atoms with Gasteiger partial charge in [0, 0.05) is 12.6 Å². The van der Waals surface area contributed by atoms with E-state index < -0.39 is 0 Å². The Labute approximate surface area is 103 Å². The Morgan fingerprint density at radius 2 is 2.00 bits per heavy atom. The summed E-state index contributed by atoms with van der Waals surface area (Å²) in [4.78, 5) is 8.41. The molecule has 1 aromatic heterocycles. The molecule has 1 atom stereocenters. The topological polar surface area (TPSA) is 59.1 Å². The molecule has 0 saturated heterocycles. The zero-order chi connectivity index (χ0) is 12.7. The molecule has 1 heterocycles. The maximum Gasteiger partial charge on any atom is 0.204 e. The van der Waals surface area contributed by atoms with Gasteiger partial charge >= 0.3 is 0 Å². The first kappa shape index (κ1) is 13.5. The molecule has 0 aliphatic heterocycles. The predicted octanol–water partition coefficient (Wildman–Crippen LogP) is 2.52. The van der Waals surface area contributed by atoms with Gasteiger partial charge in [-0.05, 0) is 19.8 Å². The second kappa shape index (κ2) is 6.93. The molecule has 0 saturated carbocycles. The summed E-state index contributed by atoms with van der Waals surface area (Å²) in [7, 11) is 1.64. The van der Waals surface area contributed by atoms with Crippen LogP contribution in [0, 0.1) is 0 Å². The molecule has 0 aliphatic carbocycles. The van der Waals surface area contributed by atoms with Crippen LogP contribution in [-0.2, 0) is 0 Å². The monoisotopic (exact) mass is 238 g/mol. The summed E-state index contributed by atoms with van der Waals surface area (Å²) < 4.78 is 5.37. The van der Waals surface area contributed by atoms with E-state index in [9.17, 15) is 0 Å². The number of hydrogen-bond acceptors (Lipinski definition) is 5. The molecule has 1 unspecified atom stereocenters. The van der Waals surface area contributed by atoms with Crippen LogP contribution in [0.15, 0.2) is 6.33 Å². The highest BCUT2D eigenvalue weighted by molar-refractivity contribution is 5.63. The molecule has 1 aromatic rings. The molecule has 0 bridgehead atoms. The second-order valence-electron chi connectivity index (χ2n) is 3.98. The van der Waals surface area contributed by atoms with E-state index in [2.05, 4.69) is 41.4 Å². The average molecular weight is 238 g/mol. The maximum atomic E-state index is 5.37. The van der Waals surface area contributed by atoms with Crippen molar-refractivity contribution in [3.05, 3.63) is 6.33 Å².